The van der Waals surface area contributed by atoms with Gasteiger partial charge >= 0.3 is 0 Å². The van der Waals surface area contributed by atoms with Crippen LogP contribution in [-0.4, -0.2) is 49.4 Å². The number of likely N-dealkylation sites (tertiary alicyclic amines) is 1. The number of carbonyl (C=O) groups excluding carboxylic acids is 2. The van der Waals surface area contributed by atoms with Crippen LogP contribution in [0.2, 0.25) is 0 Å². The zero-order valence-electron chi connectivity index (χ0n) is 15.6. The van der Waals surface area contributed by atoms with Crippen molar-refractivity contribution in [2.24, 2.45) is 5.92 Å². The van der Waals surface area contributed by atoms with E-state index >= 15 is 0 Å². The van der Waals surface area contributed by atoms with Crippen LogP contribution in [0.5, 0.6) is 0 Å². The van der Waals surface area contributed by atoms with Crippen molar-refractivity contribution >= 4 is 23.2 Å². The van der Waals surface area contributed by atoms with Crippen LogP contribution >= 0.6 is 0 Å². The Bertz CT molecular complexity index is 637. The minimum atomic E-state index is -0.0555. The number of hydrogen-bond acceptors (Lipinski definition) is 4. The molecule has 1 aromatic rings. The molecule has 1 aliphatic carbocycles. The van der Waals surface area contributed by atoms with Gasteiger partial charge in [0.1, 0.15) is 0 Å². The Kier molecular flexibility index (Phi) is 6.63. The molecule has 1 aromatic carbocycles. The molecule has 1 saturated carbocycles. The predicted molar refractivity (Wildman–Crippen MR) is 104 cm³/mol. The van der Waals surface area contributed by atoms with Crippen molar-refractivity contribution in [3.05, 3.63) is 23.8 Å². The highest BCUT2D eigenvalue weighted by molar-refractivity contribution is 5.96. The molecule has 2 fully saturated rings. The molecule has 6 heteroatoms. The van der Waals surface area contributed by atoms with Gasteiger partial charge in [-0.2, -0.15) is 0 Å². The summed E-state index contributed by atoms with van der Waals surface area (Å²) < 4.78 is 0. The van der Waals surface area contributed by atoms with Crippen LogP contribution < -0.4 is 16.0 Å². The maximum atomic E-state index is 12.3. The van der Waals surface area contributed by atoms with Gasteiger partial charge in [0.25, 0.3) is 0 Å². The Balaban J connectivity index is 1.49. The second kappa shape index (κ2) is 9.14. The summed E-state index contributed by atoms with van der Waals surface area (Å²) in [5.74, 6) is 0.702. The van der Waals surface area contributed by atoms with E-state index < -0.39 is 0 Å². The quantitative estimate of drug-likeness (QED) is 0.667. The zero-order chi connectivity index (χ0) is 18.4. The van der Waals surface area contributed by atoms with E-state index in [1.54, 1.807) is 0 Å². The SMILES string of the molecule is Cc1ccc(NC(=O)CNCC2CC2)cc1NC(=O)CN1CCCCC1. The van der Waals surface area contributed by atoms with Crippen LogP contribution in [0.4, 0.5) is 11.4 Å². The molecule has 2 aliphatic rings. The lowest BCUT2D eigenvalue weighted by Crippen LogP contribution is -2.36. The van der Waals surface area contributed by atoms with Crippen molar-refractivity contribution in [1.82, 2.24) is 10.2 Å². The highest BCUT2D eigenvalue weighted by atomic mass is 16.2. The summed E-state index contributed by atoms with van der Waals surface area (Å²) in [6.45, 7) is 5.62. The highest BCUT2D eigenvalue weighted by Crippen LogP contribution is 2.27. The van der Waals surface area contributed by atoms with Crippen molar-refractivity contribution in [2.75, 3.05) is 43.4 Å². The maximum Gasteiger partial charge on any atom is 0.238 e. The first-order valence-corrected chi connectivity index (χ1v) is 9.73. The lowest BCUT2D eigenvalue weighted by molar-refractivity contribution is -0.117. The molecule has 0 bridgehead atoms. The normalized spacial score (nSPS) is 17.7. The molecule has 0 aromatic heterocycles. The van der Waals surface area contributed by atoms with Crippen LogP contribution in [0, 0.1) is 12.8 Å². The molecule has 3 N–H and O–H groups in total. The van der Waals surface area contributed by atoms with Crippen LogP contribution in [0.3, 0.4) is 0 Å². The zero-order valence-corrected chi connectivity index (χ0v) is 15.6. The summed E-state index contributed by atoms with van der Waals surface area (Å²) in [5, 5.41) is 9.07. The van der Waals surface area contributed by atoms with Gasteiger partial charge in [-0.25, -0.2) is 0 Å². The summed E-state index contributed by atoms with van der Waals surface area (Å²) in [7, 11) is 0. The number of piperidine rings is 1. The number of aryl methyl sites for hydroxylation is 1. The number of rotatable bonds is 8. The third kappa shape index (κ3) is 6.11. The van der Waals surface area contributed by atoms with Gasteiger partial charge in [-0.3, -0.25) is 14.5 Å². The number of amides is 2. The summed E-state index contributed by atoms with van der Waals surface area (Å²) in [6.07, 6.45) is 6.14. The van der Waals surface area contributed by atoms with Gasteiger partial charge in [0.05, 0.1) is 13.1 Å². The van der Waals surface area contributed by atoms with Crippen molar-refractivity contribution in [3.8, 4) is 0 Å². The van der Waals surface area contributed by atoms with E-state index in [2.05, 4.69) is 20.9 Å². The van der Waals surface area contributed by atoms with Gasteiger partial charge in [0.15, 0.2) is 0 Å². The number of nitrogens with zero attached hydrogens (tertiary/aromatic N) is 1. The molecule has 3 rings (SSSR count). The van der Waals surface area contributed by atoms with Gasteiger partial charge in [-0.1, -0.05) is 12.5 Å². The highest BCUT2D eigenvalue weighted by Gasteiger charge is 2.20. The fraction of sp³-hybridized carbons (Fsp3) is 0.600. The molecule has 0 radical (unpaired) electrons. The molecule has 6 nitrogen and oxygen atoms in total. The number of hydrogen-bond donors (Lipinski definition) is 3. The Morgan fingerprint density at radius 1 is 1.08 bits per heavy atom. The van der Waals surface area contributed by atoms with Crippen molar-refractivity contribution in [1.29, 1.82) is 0 Å². The van der Waals surface area contributed by atoms with E-state index in [-0.39, 0.29) is 11.8 Å². The Morgan fingerprint density at radius 2 is 1.85 bits per heavy atom. The van der Waals surface area contributed by atoms with Crippen LogP contribution in [0.25, 0.3) is 0 Å². The minimum Gasteiger partial charge on any atom is -0.325 e. The van der Waals surface area contributed by atoms with E-state index in [0.29, 0.717) is 18.8 Å². The Labute approximate surface area is 155 Å². The molecule has 26 heavy (non-hydrogen) atoms. The molecule has 0 spiro atoms. The molecule has 142 valence electrons. The van der Waals surface area contributed by atoms with E-state index in [1.807, 2.05) is 25.1 Å². The standard InChI is InChI=1S/C20H30N4O2/c1-15-5-8-17(22-19(25)13-21-12-16-6-7-16)11-18(15)23-20(26)14-24-9-3-2-4-10-24/h5,8,11,16,21H,2-4,6-7,9-10,12-14H2,1H3,(H,22,25)(H,23,26). The van der Waals surface area contributed by atoms with Crippen LogP contribution in [0.1, 0.15) is 37.7 Å². The Morgan fingerprint density at radius 3 is 2.58 bits per heavy atom. The summed E-state index contributed by atoms with van der Waals surface area (Å²) in [5.41, 5.74) is 2.46. The first kappa shape index (κ1) is 18.9. The van der Waals surface area contributed by atoms with Crippen molar-refractivity contribution in [3.63, 3.8) is 0 Å². The third-order valence-electron chi connectivity index (χ3n) is 5.03. The molecule has 0 atom stereocenters. The van der Waals surface area contributed by atoms with Crippen molar-refractivity contribution < 1.29 is 9.59 Å². The average molecular weight is 358 g/mol. The smallest absolute Gasteiger partial charge is 0.238 e. The van der Waals surface area contributed by atoms with Crippen LogP contribution in [-0.2, 0) is 9.59 Å². The fourth-order valence-corrected chi connectivity index (χ4v) is 3.26. The first-order valence-electron chi connectivity index (χ1n) is 9.73. The van der Waals surface area contributed by atoms with Gasteiger partial charge in [-0.15, -0.1) is 0 Å². The van der Waals surface area contributed by atoms with E-state index in [0.717, 1.165) is 36.8 Å². The van der Waals surface area contributed by atoms with Crippen molar-refractivity contribution in [2.45, 2.75) is 39.0 Å². The summed E-state index contributed by atoms with van der Waals surface area (Å²) in [6, 6.07) is 5.63. The molecule has 2 amide bonds. The summed E-state index contributed by atoms with van der Waals surface area (Å²) in [4.78, 5) is 26.6. The summed E-state index contributed by atoms with van der Waals surface area (Å²) >= 11 is 0. The molecule has 1 aliphatic heterocycles. The third-order valence-corrected chi connectivity index (χ3v) is 5.03. The monoisotopic (exact) mass is 358 g/mol. The molecule has 1 heterocycles. The van der Waals surface area contributed by atoms with Gasteiger partial charge in [-0.05, 0) is 75.9 Å². The van der Waals surface area contributed by atoms with E-state index in [9.17, 15) is 9.59 Å². The van der Waals surface area contributed by atoms with Gasteiger partial charge < -0.3 is 16.0 Å². The first-order chi connectivity index (χ1) is 12.6. The Hall–Kier alpha value is -1.92. The van der Waals surface area contributed by atoms with Gasteiger partial charge in [0, 0.05) is 11.4 Å². The lowest BCUT2D eigenvalue weighted by Gasteiger charge is -2.25. The molecular formula is C20H30N4O2. The number of nitrogens with one attached hydrogen (secondary N) is 3. The second-order valence-corrected chi connectivity index (χ2v) is 7.54. The molecule has 0 unspecified atom stereocenters. The topological polar surface area (TPSA) is 73.5 Å². The minimum absolute atomic E-state index is 0.00424. The number of benzene rings is 1. The van der Waals surface area contributed by atoms with Crippen LogP contribution in [0.15, 0.2) is 18.2 Å². The largest absolute Gasteiger partial charge is 0.325 e. The fourth-order valence-electron chi connectivity index (χ4n) is 3.26. The number of anilines is 2. The van der Waals surface area contributed by atoms with E-state index in [4.69, 9.17) is 0 Å². The molecule has 1 saturated heterocycles. The molecular weight excluding hydrogens is 328 g/mol. The van der Waals surface area contributed by atoms with E-state index in [1.165, 1.54) is 32.1 Å². The second-order valence-electron chi connectivity index (χ2n) is 7.54. The maximum absolute atomic E-state index is 12.3. The lowest BCUT2D eigenvalue weighted by atomic mass is 10.1. The van der Waals surface area contributed by atoms with Gasteiger partial charge in [0.2, 0.25) is 11.8 Å². The number of carbonyl (C=O) groups is 2. The predicted octanol–water partition coefficient (Wildman–Crippen LogP) is 2.36. The average Bonchev–Trinajstić information content (AvgIpc) is 3.43.